The molecule has 1 saturated heterocycles. The number of ether oxygens (including phenoxy) is 4. The Hall–Kier alpha value is -3.14. The molecule has 0 radical (unpaired) electrons. The summed E-state index contributed by atoms with van der Waals surface area (Å²) in [6.07, 6.45) is -3.78. The van der Waals surface area contributed by atoms with E-state index in [1.165, 1.54) is 10.4 Å². The maximum atomic E-state index is 11.2. The summed E-state index contributed by atoms with van der Waals surface area (Å²) in [6, 6.07) is 41.0. The van der Waals surface area contributed by atoms with E-state index in [-0.39, 0.29) is 11.6 Å². The van der Waals surface area contributed by atoms with Crippen molar-refractivity contribution in [3.63, 3.8) is 0 Å². The molecule has 0 amide bonds. The van der Waals surface area contributed by atoms with Crippen LogP contribution in [0.1, 0.15) is 31.9 Å². The second kappa shape index (κ2) is 14.8. The summed E-state index contributed by atoms with van der Waals surface area (Å²) in [5, 5.41) is 13.3. The lowest BCUT2D eigenvalue weighted by Gasteiger charge is -2.47. The second-order valence-electron chi connectivity index (χ2n) is 12.3. The van der Waals surface area contributed by atoms with Gasteiger partial charge in [0.15, 0.2) is 6.29 Å². The zero-order valence-corrected chi connectivity index (χ0v) is 27.0. The minimum absolute atomic E-state index is 0.200. The number of hydrogen-bond donors (Lipinski definition) is 1. The predicted molar refractivity (Wildman–Crippen MR) is 175 cm³/mol. The first-order valence-corrected chi connectivity index (χ1v) is 17.2. The zero-order valence-electron chi connectivity index (χ0n) is 26.0. The van der Waals surface area contributed by atoms with Crippen LogP contribution in [0, 0.1) is 0 Å². The van der Waals surface area contributed by atoms with Gasteiger partial charge in [-0.3, -0.25) is 0 Å². The topological polar surface area (TPSA) is 66.4 Å². The molecule has 7 heteroatoms. The van der Waals surface area contributed by atoms with Crippen molar-refractivity contribution in [3.8, 4) is 0 Å². The average molecular weight is 613 g/mol. The van der Waals surface area contributed by atoms with Gasteiger partial charge in [-0.15, -0.1) is 0 Å². The fraction of sp³-hybridized carbons (Fsp3) is 0.351. The lowest BCUT2D eigenvalue weighted by Crippen LogP contribution is -2.68. The minimum Gasteiger partial charge on any atom is -0.405 e. The molecule has 0 aromatic heterocycles. The highest BCUT2D eigenvalue weighted by molar-refractivity contribution is 6.99. The van der Waals surface area contributed by atoms with Gasteiger partial charge in [-0.25, -0.2) is 0 Å². The van der Waals surface area contributed by atoms with Crippen LogP contribution >= 0.6 is 0 Å². The summed E-state index contributed by atoms with van der Waals surface area (Å²) in [5.74, 6) is 0. The maximum Gasteiger partial charge on any atom is 0.261 e. The van der Waals surface area contributed by atoms with Crippen molar-refractivity contribution in [1.82, 2.24) is 0 Å². The van der Waals surface area contributed by atoms with E-state index in [2.05, 4.69) is 69.3 Å². The Balaban J connectivity index is 1.50. The molecule has 5 rings (SSSR count). The van der Waals surface area contributed by atoms with Crippen molar-refractivity contribution in [2.75, 3.05) is 13.7 Å². The summed E-state index contributed by atoms with van der Waals surface area (Å²) in [6.45, 7) is 7.61. The van der Waals surface area contributed by atoms with Gasteiger partial charge in [0.25, 0.3) is 8.32 Å². The lowest BCUT2D eigenvalue weighted by molar-refractivity contribution is -0.308. The molecule has 4 aromatic rings. The van der Waals surface area contributed by atoms with Gasteiger partial charge in [-0.1, -0.05) is 142 Å². The van der Waals surface area contributed by atoms with Gasteiger partial charge in [-0.05, 0) is 26.5 Å². The number of benzene rings is 4. The molecule has 5 atom stereocenters. The smallest absolute Gasteiger partial charge is 0.261 e. The molecule has 0 unspecified atom stereocenters. The van der Waals surface area contributed by atoms with Crippen molar-refractivity contribution < 1.29 is 28.5 Å². The maximum absolute atomic E-state index is 11.2. The van der Waals surface area contributed by atoms with E-state index in [0.717, 1.165) is 11.1 Å². The van der Waals surface area contributed by atoms with Crippen LogP contribution in [0.15, 0.2) is 121 Å². The largest absolute Gasteiger partial charge is 0.405 e. The molecule has 1 heterocycles. The van der Waals surface area contributed by atoms with Gasteiger partial charge >= 0.3 is 0 Å². The predicted octanol–water partition coefficient (Wildman–Crippen LogP) is 5.47. The Morgan fingerprint density at radius 3 is 1.50 bits per heavy atom. The van der Waals surface area contributed by atoms with Crippen molar-refractivity contribution in [2.24, 2.45) is 0 Å². The van der Waals surface area contributed by atoms with E-state index in [9.17, 15) is 5.11 Å². The van der Waals surface area contributed by atoms with Crippen LogP contribution in [0.5, 0.6) is 0 Å². The number of aliphatic hydroxyl groups excluding tert-OH is 1. The van der Waals surface area contributed by atoms with Crippen molar-refractivity contribution >= 4 is 18.7 Å². The van der Waals surface area contributed by atoms with E-state index < -0.39 is 39.0 Å². The van der Waals surface area contributed by atoms with E-state index >= 15 is 0 Å². The van der Waals surface area contributed by atoms with Crippen LogP contribution in [0.25, 0.3) is 0 Å². The fourth-order valence-corrected chi connectivity index (χ4v) is 10.7. The fourth-order valence-electron chi connectivity index (χ4n) is 6.17. The molecule has 0 saturated carbocycles. The molecule has 1 aliphatic heterocycles. The second-order valence-corrected chi connectivity index (χ2v) is 16.6. The SMILES string of the molecule is CO[C@@H]1[C@@H](OCc2ccccc2)[C@H](OCc2ccccc2)[C@@H](CO[Si](c2ccccc2)(c2ccccc2)C(C)(C)C)O[C@@H]1O. The van der Waals surface area contributed by atoms with Crippen LogP contribution in [-0.4, -0.2) is 57.8 Å². The first-order chi connectivity index (χ1) is 21.3. The van der Waals surface area contributed by atoms with Crippen LogP contribution in [-0.2, 0) is 36.6 Å². The third-order valence-electron chi connectivity index (χ3n) is 8.33. The van der Waals surface area contributed by atoms with Crippen molar-refractivity contribution in [3.05, 3.63) is 132 Å². The number of hydrogen-bond acceptors (Lipinski definition) is 6. The standard InChI is InChI=1S/C37H44O6Si/c1-37(2,3)44(30-21-13-7-14-22-30,31-23-15-8-16-24-31)42-27-32-33(40-25-28-17-9-5-10-18-28)34(35(39-4)36(38)43-32)41-26-29-19-11-6-12-20-29/h5-24,32-36,38H,25-27H2,1-4H3/t32-,33-,34+,35-,36+/m1/s1. The average Bonchev–Trinajstić information content (AvgIpc) is 3.05. The minimum atomic E-state index is -2.88. The van der Waals surface area contributed by atoms with Crippen molar-refractivity contribution in [1.29, 1.82) is 0 Å². The van der Waals surface area contributed by atoms with Crippen LogP contribution < -0.4 is 10.4 Å². The van der Waals surface area contributed by atoms with Gasteiger partial charge in [-0.2, -0.15) is 0 Å². The highest BCUT2D eigenvalue weighted by Crippen LogP contribution is 2.38. The molecule has 0 spiro atoms. The Kier molecular flexibility index (Phi) is 10.8. The third kappa shape index (κ3) is 7.21. The Morgan fingerprint density at radius 1 is 0.636 bits per heavy atom. The van der Waals surface area contributed by atoms with E-state index in [4.69, 9.17) is 23.4 Å². The summed E-state index contributed by atoms with van der Waals surface area (Å²) >= 11 is 0. The first kappa shape index (κ1) is 32.3. The Morgan fingerprint density at radius 2 is 1.07 bits per heavy atom. The molecular weight excluding hydrogens is 568 g/mol. The number of methoxy groups -OCH3 is 1. The number of rotatable bonds is 12. The van der Waals surface area contributed by atoms with Gasteiger partial charge in [0, 0.05) is 7.11 Å². The number of aliphatic hydroxyl groups is 1. The van der Waals surface area contributed by atoms with E-state index in [1.807, 2.05) is 72.8 Å². The summed E-state index contributed by atoms with van der Waals surface area (Å²) in [7, 11) is -1.32. The normalized spacial score (nSPS) is 22.5. The summed E-state index contributed by atoms with van der Waals surface area (Å²) in [4.78, 5) is 0. The lowest BCUT2D eigenvalue weighted by atomic mass is 9.98. The van der Waals surface area contributed by atoms with Crippen LogP contribution in [0.3, 0.4) is 0 Å². The molecule has 0 aliphatic carbocycles. The van der Waals surface area contributed by atoms with Crippen LogP contribution in [0.4, 0.5) is 0 Å². The Bertz CT molecular complexity index is 1360. The first-order valence-electron chi connectivity index (χ1n) is 15.3. The summed E-state index contributed by atoms with van der Waals surface area (Å²) < 4.78 is 32.4. The van der Waals surface area contributed by atoms with Gasteiger partial charge in [0.2, 0.25) is 0 Å². The van der Waals surface area contributed by atoms with Gasteiger partial charge < -0.3 is 28.5 Å². The molecule has 1 aliphatic rings. The van der Waals surface area contributed by atoms with Crippen molar-refractivity contribution in [2.45, 2.75) is 69.7 Å². The van der Waals surface area contributed by atoms with Crippen LogP contribution in [0.2, 0.25) is 5.04 Å². The van der Waals surface area contributed by atoms with Gasteiger partial charge in [0.1, 0.15) is 24.4 Å². The molecule has 232 valence electrons. The van der Waals surface area contributed by atoms with Gasteiger partial charge in [0.05, 0.1) is 19.8 Å². The molecule has 6 nitrogen and oxygen atoms in total. The summed E-state index contributed by atoms with van der Waals surface area (Å²) in [5.41, 5.74) is 2.05. The highest BCUT2D eigenvalue weighted by atomic mass is 28.4. The molecular formula is C37H44O6Si. The zero-order chi connectivity index (χ0) is 31.0. The van der Waals surface area contributed by atoms with E-state index in [0.29, 0.717) is 13.2 Å². The quantitative estimate of drug-likeness (QED) is 0.214. The Labute approximate surface area is 262 Å². The third-order valence-corrected chi connectivity index (χ3v) is 13.3. The molecule has 1 fully saturated rings. The highest BCUT2D eigenvalue weighted by Gasteiger charge is 2.53. The molecule has 0 bridgehead atoms. The molecule has 1 N–H and O–H groups in total. The molecule has 4 aromatic carbocycles. The monoisotopic (exact) mass is 612 g/mol. The van der Waals surface area contributed by atoms with E-state index in [1.54, 1.807) is 7.11 Å². The molecule has 44 heavy (non-hydrogen) atoms.